The maximum Gasteiger partial charge on any atom is 0.333 e. The Bertz CT molecular complexity index is 796. The molecule has 2 rings (SSSR count). The van der Waals surface area contributed by atoms with Crippen molar-refractivity contribution in [3.05, 3.63) is 51.8 Å². The van der Waals surface area contributed by atoms with Crippen LogP contribution in [0.1, 0.15) is 12.5 Å². The summed E-state index contributed by atoms with van der Waals surface area (Å²) in [7, 11) is 0. The molecule has 0 saturated carbocycles. The van der Waals surface area contributed by atoms with Gasteiger partial charge in [0.2, 0.25) is 5.91 Å². The Kier molecular flexibility index (Phi) is 7.87. The van der Waals surface area contributed by atoms with Crippen LogP contribution in [0.15, 0.2) is 35.4 Å². The van der Waals surface area contributed by atoms with Gasteiger partial charge in [0.1, 0.15) is 12.4 Å². The molecule has 27 heavy (non-hydrogen) atoms. The second-order valence-corrected chi connectivity index (χ2v) is 6.65. The van der Waals surface area contributed by atoms with Crippen molar-refractivity contribution in [1.82, 2.24) is 4.90 Å². The summed E-state index contributed by atoms with van der Waals surface area (Å²) < 4.78 is 23.0. The molecule has 0 N–H and O–H groups in total. The average Bonchev–Trinajstić information content (AvgIpc) is 2.96. The molecule has 1 aliphatic heterocycles. The molecule has 1 aromatic rings. The van der Waals surface area contributed by atoms with E-state index in [0.717, 1.165) is 0 Å². The van der Waals surface area contributed by atoms with Gasteiger partial charge in [-0.2, -0.15) is 0 Å². The summed E-state index contributed by atoms with van der Waals surface area (Å²) in [5, 5.41) is 0.419. The number of carbonyl (C=O) groups is 3. The van der Waals surface area contributed by atoms with Crippen LogP contribution in [0.4, 0.5) is 4.39 Å². The van der Waals surface area contributed by atoms with E-state index in [1.807, 2.05) is 0 Å². The standard InChI is InChI=1S/C18H17ClFNO5S/c1-2-25-18(24)10-16-21(15(22)11-27-16)7-8-26-17(23)6-4-12-3-5-14(20)13(19)9-12/h3-6,9-10H,2,7-8,11H2,1H3/b6-4+,16-10-. The van der Waals surface area contributed by atoms with E-state index in [1.165, 1.54) is 53.1 Å². The lowest BCUT2D eigenvalue weighted by Gasteiger charge is -2.16. The third kappa shape index (κ3) is 6.41. The summed E-state index contributed by atoms with van der Waals surface area (Å²) in [6, 6.07) is 4.05. The van der Waals surface area contributed by atoms with Gasteiger partial charge in [0.05, 0.1) is 35.0 Å². The lowest BCUT2D eigenvalue weighted by molar-refractivity contribution is -0.140. The maximum atomic E-state index is 13.1. The summed E-state index contributed by atoms with van der Waals surface area (Å²) >= 11 is 6.89. The van der Waals surface area contributed by atoms with Gasteiger partial charge < -0.3 is 14.4 Å². The van der Waals surface area contributed by atoms with E-state index in [1.54, 1.807) is 6.92 Å². The fourth-order valence-electron chi connectivity index (χ4n) is 2.12. The lowest BCUT2D eigenvalue weighted by atomic mass is 10.2. The van der Waals surface area contributed by atoms with E-state index in [2.05, 4.69) is 0 Å². The minimum atomic E-state index is -0.620. The van der Waals surface area contributed by atoms with E-state index in [0.29, 0.717) is 10.6 Å². The van der Waals surface area contributed by atoms with Crippen LogP contribution >= 0.6 is 23.4 Å². The minimum absolute atomic E-state index is 0.0419. The molecule has 0 aromatic heterocycles. The van der Waals surface area contributed by atoms with Crippen molar-refractivity contribution in [3.63, 3.8) is 0 Å². The number of esters is 2. The predicted molar refractivity (Wildman–Crippen MR) is 100 cm³/mol. The Morgan fingerprint density at radius 3 is 2.81 bits per heavy atom. The molecule has 1 aliphatic rings. The van der Waals surface area contributed by atoms with Crippen LogP contribution in [0.25, 0.3) is 6.08 Å². The number of rotatable bonds is 7. The Labute approximate surface area is 164 Å². The zero-order valence-electron chi connectivity index (χ0n) is 14.4. The summed E-state index contributed by atoms with van der Waals surface area (Å²) in [6.07, 6.45) is 3.87. The first-order valence-electron chi connectivity index (χ1n) is 8.02. The van der Waals surface area contributed by atoms with Gasteiger partial charge in [0.25, 0.3) is 0 Å². The van der Waals surface area contributed by atoms with Crippen molar-refractivity contribution in [2.75, 3.05) is 25.5 Å². The quantitative estimate of drug-likeness (QED) is 0.505. The van der Waals surface area contributed by atoms with Crippen molar-refractivity contribution in [3.8, 4) is 0 Å². The van der Waals surface area contributed by atoms with Gasteiger partial charge in [-0.1, -0.05) is 29.4 Å². The summed E-state index contributed by atoms with van der Waals surface area (Å²) in [6.45, 7) is 2.01. The number of thioether (sulfide) groups is 1. The van der Waals surface area contributed by atoms with Crippen molar-refractivity contribution in [2.45, 2.75) is 6.92 Å². The second kappa shape index (κ2) is 10.1. The van der Waals surface area contributed by atoms with Crippen LogP contribution < -0.4 is 0 Å². The fourth-order valence-corrected chi connectivity index (χ4v) is 3.26. The molecular weight excluding hydrogens is 397 g/mol. The summed E-state index contributed by atoms with van der Waals surface area (Å²) in [4.78, 5) is 36.5. The topological polar surface area (TPSA) is 72.9 Å². The molecule has 0 bridgehead atoms. The Hall–Kier alpha value is -2.32. The molecular formula is C18H17ClFNO5S. The number of carbonyl (C=O) groups excluding carboxylic acids is 3. The number of halogens is 2. The molecule has 0 aliphatic carbocycles. The van der Waals surface area contributed by atoms with Crippen molar-refractivity contribution < 1.29 is 28.2 Å². The molecule has 1 aromatic carbocycles. The number of amides is 1. The number of hydrogen-bond acceptors (Lipinski definition) is 6. The highest BCUT2D eigenvalue weighted by atomic mass is 35.5. The first-order chi connectivity index (χ1) is 12.9. The molecule has 0 unspecified atom stereocenters. The molecule has 1 heterocycles. The van der Waals surface area contributed by atoms with Crippen molar-refractivity contribution >= 4 is 47.3 Å². The fraction of sp³-hybridized carbons (Fsp3) is 0.278. The summed E-state index contributed by atoms with van der Waals surface area (Å²) in [5.41, 5.74) is 0.545. The molecule has 6 nitrogen and oxygen atoms in total. The number of nitrogens with zero attached hydrogens (tertiary/aromatic N) is 1. The van der Waals surface area contributed by atoms with Gasteiger partial charge in [0, 0.05) is 6.08 Å². The molecule has 144 valence electrons. The van der Waals surface area contributed by atoms with Crippen LogP contribution in [0, 0.1) is 5.82 Å². The van der Waals surface area contributed by atoms with E-state index in [-0.39, 0.29) is 36.4 Å². The van der Waals surface area contributed by atoms with Gasteiger partial charge in [-0.3, -0.25) is 4.79 Å². The SMILES string of the molecule is CCOC(=O)/C=C1\SCC(=O)N1CCOC(=O)/C=C/c1ccc(F)c(Cl)c1. The van der Waals surface area contributed by atoms with E-state index in [4.69, 9.17) is 21.1 Å². The van der Waals surface area contributed by atoms with E-state index in [9.17, 15) is 18.8 Å². The summed E-state index contributed by atoms with van der Waals surface area (Å²) in [5.74, 6) is -1.66. The highest BCUT2D eigenvalue weighted by molar-refractivity contribution is 8.04. The monoisotopic (exact) mass is 413 g/mol. The number of ether oxygens (including phenoxy) is 2. The van der Waals surface area contributed by atoms with Crippen LogP contribution in [-0.2, 0) is 23.9 Å². The third-order valence-electron chi connectivity index (χ3n) is 3.35. The highest BCUT2D eigenvalue weighted by Crippen LogP contribution is 2.28. The molecule has 0 atom stereocenters. The Morgan fingerprint density at radius 2 is 2.11 bits per heavy atom. The molecule has 1 saturated heterocycles. The zero-order chi connectivity index (χ0) is 19.8. The number of benzene rings is 1. The van der Waals surface area contributed by atoms with Crippen molar-refractivity contribution in [1.29, 1.82) is 0 Å². The molecule has 0 spiro atoms. The van der Waals surface area contributed by atoms with Crippen LogP contribution in [0.5, 0.6) is 0 Å². The maximum absolute atomic E-state index is 13.1. The van der Waals surface area contributed by atoms with Gasteiger partial charge in [-0.05, 0) is 30.7 Å². The molecule has 1 amide bonds. The number of hydrogen-bond donors (Lipinski definition) is 0. The molecule has 1 fully saturated rings. The Balaban J connectivity index is 1.85. The normalized spacial score (nSPS) is 15.6. The minimum Gasteiger partial charge on any atom is -0.463 e. The lowest BCUT2D eigenvalue weighted by Crippen LogP contribution is -2.29. The second-order valence-electron chi connectivity index (χ2n) is 5.24. The predicted octanol–water partition coefficient (Wildman–Crippen LogP) is 3.02. The smallest absolute Gasteiger partial charge is 0.333 e. The van der Waals surface area contributed by atoms with E-state index >= 15 is 0 Å². The van der Waals surface area contributed by atoms with Gasteiger partial charge in [-0.15, -0.1) is 0 Å². The van der Waals surface area contributed by atoms with Crippen LogP contribution in [-0.4, -0.2) is 48.3 Å². The first-order valence-corrected chi connectivity index (χ1v) is 9.38. The molecule has 9 heteroatoms. The van der Waals surface area contributed by atoms with Crippen LogP contribution in [0.3, 0.4) is 0 Å². The third-order valence-corrected chi connectivity index (χ3v) is 4.67. The first kappa shape index (κ1) is 21.0. The molecule has 0 radical (unpaired) electrons. The largest absolute Gasteiger partial charge is 0.463 e. The van der Waals surface area contributed by atoms with Gasteiger partial charge >= 0.3 is 11.9 Å². The Morgan fingerprint density at radius 1 is 1.33 bits per heavy atom. The van der Waals surface area contributed by atoms with Gasteiger partial charge in [-0.25, -0.2) is 14.0 Å². The van der Waals surface area contributed by atoms with Crippen molar-refractivity contribution in [2.24, 2.45) is 0 Å². The zero-order valence-corrected chi connectivity index (χ0v) is 16.0. The average molecular weight is 414 g/mol. The van der Waals surface area contributed by atoms with Gasteiger partial charge in [0.15, 0.2) is 0 Å². The van der Waals surface area contributed by atoms with Crippen LogP contribution in [0.2, 0.25) is 5.02 Å². The highest BCUT2D eigenvalue weighted by Gasteiger charge is 2.27. The van der Waals surface area contributed by atoms with E-state index < -0.39 is 17.8 Å².